The number of alkyl halides is 2. The van der Waals surface area contributed by atoms with Gasteiger partial charge < -0.3 is 15.6 Å². The molecule has 7 rings (SSSR count). The van der Waals surface area contributed by atoms with Crippen LogP contribution in [-0.2, 0) is 6.54 Å². The summed E-state index contributed by atoms with van der Waals surface area (Å²) in [7, 11) is 0. The van der Waals surface area contributed by atoms with Crippen molar-refractivity contribution in [3.05, 3.63) is 95.2 Å². The third kappa shape index (κ3) is 4.92. The summed E-state index contributed by atoms with van der Waals surface area (Å²) in [6, 6.07) is 15.2. The molecule has 8 nitrogen and oxygen atoms in total. The second-order valence-electron chi connectivity index (χ2n) is 10.0. The van der Waals surface area contributed by atoms with E-state index >= 15 is 0 Å². The van der Waals surface area contributed by atoms with Crippen LogP contribution in [0.3, 0.4) is 0 Å². The van der Waals surface area contributed by atoms with Gasteiger partial charge in [-0.3, -0.25) is 4.90 Å². The number of hydrogen-bond donors (Lipinski definition) is 3. The van der Waals surface area contributed by atoms with E-state index in [9.17, 15) is 14.0 Å². The molecule has 6 heterocycles. The molecule has 4 aliphatic heterocycles. The number of benzene rings is 1. The van der Waals surface area contributed by atoms with E-state index < -0.39 is 6.55 Å². The number of rotatable bonds is 7. The number of pyridine rings is 1. The van der Waals surface area contributed by atoms with Gasteiger partial charge >= 0.3 is 6.55 Å². The molecule has 2 atom stereocenters. The third-order valence-corrected chi connectivity index (χ3v) is 7.94. The number of aromatic nitrogens is 3. The number of piperazine rings is 1. The van der Waals surface area contributed by atoms with E-state index in [4.69, 9.17) is 10.4 Å². The van der Waals surface area contributed by atoms with E-state index in [0.29, 0.717) is 39.2 Å². The van der Waals surface area contributed by atoms with Crippen LogP contribution in [0.2, 0.25) is 0 Å². The molecule has 4 aliphatic rings. The summed E-state index contributed by atoms with van der Waals surface area (Å²) in [6.07, 6.45) is 9.98. The number of fused-ring (bicyclic) bond motifs is 2. The molecule has 0 radical (unpaired) electrons. The topological polar surface area (TPSA) is 96.9 Å². The summed E-state index contributed by atoms with van der Waals surface area (Å²) in [4.78, 5) is 10.6. The van der Waals surface area contributed by atoms with Gasteiger partial charge in [-0.25, -0.2) is 9.67 Å². The Morgan fingerprint density at radius 2 is 1.93 bits per heavy atom. The lowest BCUT2D eigenvalue weighted by molar-refractivity contribution is -0.00869. The summed E-state index contributed by atoms with van der Waals surface area (Å²) < 4.78 is 26.7. The molecular weight excluding hydrogens is 530 g/mol. The Morgan fingerprint density at radius 3 is 2.55 bits per heavy atom. The Balaban J connectivity index is 1.21. The lowest BCUT2D eigenvalue weighted by Crippen LogP contribution is -2.68. The molecule has 2 N–H and O–H groups in total. The number of anilines is 1. The monoisotopic (exact) mass is 556 g/mol. The number of hydrogen-bond acceptors (Lipinski definition) is 8. The Morgan fingerprint density at radius 1 is 1.15 bits per heavy atom. The molecule has 0 spiro atoms. The van der Waals surface area contributed by atoms with Gasteiger partial charge in [0.15, 0.2) is 0 Å². The number of nitriles is 1. The van der Waals surface area contributed by atoms with E-state index in [1.165, 1.54) is 24.4 Å². The second-order valence-corrected chi connectivity index (χ2v) is 10.5. The standard InChI is InChI=1S/C29H26F2N8S/c30-29(31)39-15-22(13-36-39)20-7-26(28(35-12-20)21(9-32)10-33)19-3-6-27(34-11-19)37-16-23-8-24(17-37)38(23)14-18-1-4-25(40)5-2-18/h1-7,9,11-13,15,23-24,29,32,35,40H,8,14,16-17H2/b28-21+,32-9?. The summed E-state index contributed by atoms with van der Waals surface area (Å²) >= 11 is 4.38. The van der Waals surface area contributed by atoms with Gasteiger partial charge in [-0.15, -0.1) is 12.6 Å². The molecule has 3 aromatic rings. The largest absolute Gasteiger partial charge is 0.359 e. The molecule has 0 aliphatic carbocycles. The van der Waals surface area contributed by atoms with Gasteiger partial charge in [-0.1, -0.05) is 12.1 Å². The third-order valence-electron chi connectivity index (χ3n) is 7.64. The minimum Gasteiger partial charge on any atom is -0.359 e. The number of halogens is 2. The number of allylic oxidation sites excluding steroid dienone is 4. The first kappa shape index (κ1) is 26.0. The van der Waals surface area contributed by atoms with E-state index in [1.54, 1.807) is 18.5 Å². The van der Waals surface area contributed by atoms with Crippen LogP contribution in [0.15, 0.2) is 83.4 Å². The van der Waals surface area contributed by atoms with E-state index in [0.717, 1.165) is 42.1 Å². The van der Waals surface area contributed by atoms with Crippen molar-refractivity contribution in [1.29, 1.82) is 10.7 Å². The summed E-state index contributed by atoms with van der Waals surface area (Å²) in [5, 5.41) is 24.1. The fraction of sp³-hybridized carbons (Fsp3) is 0.241. The molecule has 0 amide bonds. The van der Waals surface area contributed by atoms with Crippen LogP contribution in [0.25, 0.3) is 11.1 Å². The van der Waals surface area contributed by atoms with E-state index in [1.807, 2.05) is 30.3 Å². The fourth-order valence-electron chi connectivity index (χ4n) is 5.55. The average Bonchev–Trinajstić information content (AvgIpc) is 3.49. The highest BCUT2D eigenvalue weighted by Gasteiger charge is 2.44. The maximum absolute atomic E-state index is 13.1. The lowest BCUT2D eigenvalue weighted by Gasteiger charge is -2.56. The van der Waals surface area contributed by atoms with Gasteiger partial charge in [0, 0.05) is 83.7 Å². The molecule has 0 saturated carbocycles. The highest BCUT2D eigenvalue weighted by molar-refractivity contribution is 7.80. The first-order valence-electron chi connectivity index (χ1n) is 12.8. The minimum absolute atomic E-state index is 0.147. The van der Waals surface area contributed by atoms with E-state index in [-0.39, 0.29) is 5.57 Å². The fourth-order valence-corrected chi connectivity index (χ4v) is 5.69. The van der Waals surface area contributed by atoms with Crippen LogP contribution >= 0.6 is 12.6 Å². The van der Waals surface area contributed by atoms with Crippen molar-refractivity contribution in [2.24, 2.45) is 0 Å². The van der Waals surface area contributed by atoms with Gasteiger partial charge in [0.1, 0.15) is 11.9 Å². The Kier molecular flexibility index (Phi) is 6.96. The predicted molar refractivity (Wildman–Crippen MR) is 152 cm³/mol. The summed E-state index contributed by atoms with van der Waals surface area (Å²) in [5.74, 6) is 0.883. The minimum atomic E-state index is -2.74. The normalized spacial score (nSPS) is 21.6. The van der Waals surface area contributed by atoms with Gasteiger partial charge in [0.25, 0.3) is 0 Å². The van der Waals surface area contributed by atoms with Crippen LogP contribution in [0.5, 0.6) is 0 Å². The zero-order chi connectivity index (χ0) is 27.8. The number of nitrogens with one attached hydrogen (secondary N) is 2. The number of nitrogens with zero attached hydrogens (tertiary/aromatic N) is 6. The van der Waals surface area contributed by atoms with Gasteiger partial charge in [0.05, 0.1) is 17.5 Å². The smallest absolute Gasteiger partial charge is 0.333 e. The number of thiol groups is 1. The van der Waals surface area contributed by atoms with Crippen molar-refractivity contribution >= 4 is 35.8 Å². The molecule has 2 bridgehead atoms. The van der Waals surface area contributed by atoms with Gasteiger partial charge in [-0.05, 0) is 42.3 Å². The number of dihydropyridines is 1. The maximum Gasteiger partial charge on any atom is 0.333 e. The predicted octanol–water partition coefficient (Wildman–Crippen LogP) is 4.88. The highest BCUT2D eigenvalue weighted by atomic mass is 32.1. The second kappa shape index (κ2) is 10.7. The average molecular weight is 557 g/mol. The summed E-state index contributed by atoms with van der Waals surface area (Å²) in [6.45, 7) is -0.00979. The Bertz CT molecular complexity index is 1550. The molecular formula is C29H26F2N8S. The molecule has 3 fully saturated rings. The van der Waals surface area contributed by atoms with Crippen molar-refractivity contribution in [3.63, 3.8) is 0 Å². The quantitative estimate of drug-likeness (QED) is 0.218. The SMILES string of the molecule is N#C/C(C=N)=C1/NC=C(c2cnn(C(F)F)c2)C=C1c1ccc(N2CC3CC(C2)N3Cc2ccc(S)cc2)nc1. The van der Waals surface area contributed by atoms with Crippen LogP contribution in [0, 0.1) is 16.7 Å². The van der Waals surface area contributed by atoms with Crippen molar-refractivity contribution < 1.29 is 8.78 Å². The Labute approximate surface area is 235 Å². The maximum atomic E-state index is 13.1. The molecule has 3 saturated heterocycles. The van der Waals surface area contributed by atoms with Crippen molar-refractivity contribution in [3.8, 4) is 6.07 Å². The highest BCUT2D eigenvalue weighted by Crippen LogP contribution is 2.36. The van der Waals surface area contributed by atoms with Crippen LogP contribution in [0.1, 0.15) is 29.7 Å². The van der Waals surface area contributed by atoms with Gasteiger partial charge in [0.2, 0.25) is 0 Å². The van der Waals surface area contributed by atoms with Gasteiger partial charge in [-0.2, -0.15) is 19.1 Å². The zero-order valence-corrected chi connectivity index (χ0v) is 22.3. The Hall–Kier alpha value is -4.27. The van der Waals surface area contributed by atoms with Crippen LogP contribution in [-0.4, -0.2) is 51.1 Å². The molecule has 1 aromatic carbocycles. The van der Waals surface area contributed by atoms with Crippen molar-refractivity contribution in [1.82, 2.24) is 25.0 Å². The number of piperidine rings is 1. The van der Waals surface area contributed by atoms with Crippen molar-refractivity contribution in [2.75, 3.05) is 18.0 Å². The lowest BCUT2D eigenvalue weighted by atomic mass is 9.86. The molecule has 2 unspecified atom stereocenters. The first-order valence-corrected chi connectivity index (χ1v) is 13.3. The zero-order valence-electron chi connectivity index (χ0n) is 21.4. The molecule has 11 heteroatoms. The van der Waals surface area contributed by atoms with Crippen LogP contribution < -0.4 is 10.2 Å². The summed E-state index contributed by atoms with van der Waals surface area (Å²) in [5.41, 5.74) is 4.40. The molecule has 202 valence electrons. The molecule has 2 aromatic heterocycles. The van der Waals surface area contributed by atoms with Crippen molar-refractivity contribution in [2.45, 2.75) is 36.5 Å². The van der Waals surface area contributed by atoms with E-state index in [2.05, 4.69) is 45.0 Å². The first-order chi connectivity index (χ1) is 19.4. The van der Waals surface area contributed by atoms with Crippen LogP contribution in [0.4, 0.5) is 14.6 Å². The molecule has 40 heavy (non-hydrogen) atoms.